The van der Waals surface area contributed by atoms with Crippen LogP contribution in [0.4, 0.5) is 0 Å². The molecule has 4 nitrogen and oxygen atoms in total. The van der Waals surface area contributed by atoms with Crippen LogP contribution in [0.5, 0.6) is 0 Å². The molecule has 1 aromatic heterocycles. The van der Waals surface area contributed by atoms with Crippen molar-refractivity contribution >= 4 is 5.70 Å². The Bertz CT molecular complexity index is 598. The topological polar surface area (TPSA) is 52.8 Å². The van der Waals surface area contributed by atoms with Crippen molar-refractivity contribution < 1.29 is 0 Å². The molecule has 3 rings (SSSR count). The number of nitriles is 1. The van der Waals surface area contributed by atoms with E-state index in [0.29, 0.717) is 6.04 Å². The summed E-state index contributed by atoms with van der Waals surface area (Å²) in [6.07, 6.45) is 14.1. The highest BCUT2D eigenvalue weighted by Crippen LogP contribution is 2.28. The summed E-state index contributed by atoms with van der Waals surface area (Å²) in [6, 6.07) is 7.14. The van der Waals surface area contributed by atoms with E-state index in [2.05, 4.69) is 35.9 Å². The average molecular weight is 310 g/mol. The van der Waals surface area contributed by atoms with Gasteiger partial charge in [0.1, 0.15) is 0 Å². The minimum atomic E-state index is -0.0741. The second kappa shape index (κ2) is 7.52. The van der Waals surface area contributed by atoms with Crippen LogP contribution in [-0.4, -0.2) is 24.2 Å². The van der Waals surface area contributed by atoms with E-state index in [1.807, 2.05) is 29.1 Å². The number of allylic oxidation sites excluding steroid dienone is 4. The van der Waals surface area contributed by atoms with Gasteiger partial charge < -0.3 is 15.2 Å². The van der Waals surface area contributed by atoms with Crippen molar-refractivity contribution in [2.45, 2.75) is 38.1 Å². The smallest absolute Gasteiger partial charge is 0.0922 e. The van der Waals surface area contributed by atoms with E-state index < -0.39 is 0 Å². The van der Waals surface area contributed by atoms with Crippen molar-refractivity contribution in [1.82, 2.24) is 15.2 Å². The Morgan fingerprint density at radius 1 is 1.17 bits per heavy atom. The first-order valence-electron chi connectivity index (χ1n) is 8.65. The molecule has 2 aliphatic carbocycles. The van der Waals surface area contributed by atoms with Crippen LogP contribution in [-0.2, 0) is 0 Å². The normalized spacial score (nSPS) is 27.7. The summed E-state index contributed by atoms with van der Waals surface area (Å²) in [4.78, 5) is 0. The van der Waals surface area contributed by atoms with Gasteiger partial charge in [-0.1, -0.05) is 0 Å². The highest BCUT2D eigenvalue weighted by Gasteiger charge is 2.22. The van der Waals surface area contributed by atoms with E-state index in [4.69, 9.17) is 0 Å². The maximum absolute atomic E-state index is 9.49. The Kier molecular flexibility index (Phi) is 5.19. The lowest BCUT2D eigenvalue weighted by molar-refractivity contribution is 0.297. The molecule has 0 saturated heterocycles. The van der Waals surface area contributed by atoms with Gasteiger partial charge in [0, 0.05) is 42.8 Å². The molecule has 2 aliphatic rings. The van der Waals surface area contributed by atoms with E-state index in [1.54, 1.807) is 0 Å². The van der Waals surface area contributed by atoms with Crippen LogP contribution in [0.15, 0.2) is 42.4 Å². The fourth-order valence-electron chi connectivity index (χ4n) is 3.64. The Labute approximate surface area is 138 Å². The van der Waals surface area contributed by atoms with Gasteiger partial charge in [0.2, 0.25) is 0 Å². The van der Waals surface area contributed by atoms with E-state index in [9.17, 15) is 5.26 Å². The molecular weight excluding hydrogens is 284 g/mol. The minimum absolute atomic E-state index is 0.0741. The van der Waals surface area contributed by atoms with Gasteiger partial charge >= 0.3 is 0 Å². The maximum atomic E-state index is 9.49. The first-order valence-corrected chi connectivity index (χ1v) is 8.65. The Morgan fingerprint density at radius 3 is 2.57 bits per heavy atom. The standard InChI is InChI=1S/C19H26N4/c1-21-17-6-4-15(5-7-17)14-22-18-8-9-19(16(12-18)13-20)23-10-2-3-11-23/h2-3,8-11,15-17,21-22H,4-7,12,14H2,1H3/t15-,16?,17-. The van der Waals surface area contributed by atoms with E-state index in [0.717, 1.165) is 24.6 Å². The van der Waals surface area contributed by atoms with Gasteiger partial charge in [-0.3, -0.25) is 0 Å². The van der Waals surface area contributed by atoms with Gasteiger partial charge in [-0.15, -0.1) is 0 Å². The summed E-state index contributed by atoms with van der Waals surface area (Å²) >= 11 is 0. The van der Waals surface area contributed by atoms with E-state index in [-0.39, 0.29) is 5.92 Å². The van der Waals surface area contributed by atoms with Crippen molar-refractivity contribution in [3.63, 3.8) is 0 Å². The number of aromatic nitrogens is 1. The summed E-state index contributed by atoms with van der Waals surface area (Å²) in [5.74, 6) is 0.686. The summed E-state index contributed by atoms with van der Waals surface area (Å²) in [5.41, 5.74) is 2.26. The molecule has 1 atom stereocenters. The van der Waals surface area contributed by atoms with Crippen molar-refractivity contribution in [3.05, 3.63) is 42.4 Å². The third-order valence-electron chi connectivity index (χ3n) is 5.17. The van der Waals surface area contributed by atoms with Crippen LogP contribution in [0.1, 0.15) is 32.1 Å². The summed E-state index contributed by atoms with van der Waals surface area (Å²) in [6.45, 7) is 1.03. The first-order chi connectivity index (χ1) is 11.3. The average Bonchev–Trinajstić information content (AvgIpc) is 3.14. The molecule has 0 radical (unpaired) electrons. The molecule has 4 heteroatoms. The SMILES string of the molecule is CN[C@H]1CC[C@H](CNC2=CC=C(n3cccc3)C(C#N)C2)CC1. The summed E-state index contributed by atoms with van der Waals surface area (Å²) < 4.78 is 2.04. The second-order valence-corrected chi connectivity index (χ2v) is 6.65. The molecule has 0 spiro atoms. The van der Waals surface area contributed by atoms with Crippen molar-refractivity contribution in [2.75, 3.05) is 13.6 Å². The van der Waals surface area contributed by atoms with Gasteiger partial charge in [0.15, 0.2) is 0 Å². The van der Waals surface area contributed by atoms with Crippen LogP contribution in [0.25, 0.3) is 5.70 Å². The van der Waals surface area contributed by atoms with Gasteiger partial charge in [0.25, 0.3) is 0 Å². The highest BCUT2D eigenvalue weighted by molar-refractivity contribution is 5.57. The number of hydrogen-bond donors (Lipinski definition) is 2. The second-order valence-electron chi connectivity index (χ2n) is 6.65. The largest absolute Gasteiger partial charge is 0.388 e. The van der Waals surface area contributed by atoms with Gasteiger partial charge in [-0.25, -0.2) is 0 Å². The van der Waals surface area contributed by atoms with Crippen LogP contribution in [0.3, 0.4) is 0 Å². The summed E-state index contributed by atoms with van der Waals surface area (Å²) in [5, 5.41) is 16.5. The lowest BCUT2D eigenvalue weighted by Crippen LogP contribution is -2.34. The Morgan fingerprint density at radius 2 is 1.91 bits per heavy atom. The Hall–Kier alpha value is -1.99. The van der Waals surface area contributed by atoms with Gasteiger partial charge in [-0.2, -0.15) is 5.26 Å². The molecule has 1 unspecified atom stereocenters. The number of rotatable bonds is 5. The first kappa shape index (κ1) is 15.9. The predicted molar refractivity (Wildman–Crippen MR) is 93.3 cm³/mol. The van der Waals surface area contributed by atoms with Crippen LogP contribution < -0.4 is 10.6 Å². The fraction of sp³-hybridized carbons (Fsp3) is 0.526. The molecule has 2 N–H and O–H groups in total. The molecule has 1 heterocycles. The molecule has 0 bridgehead atoms. The van der Waals surface area contributed by atoms with E-state index >= 15 is 0 Å². The monoisotopic (exact) mass is 310 g/mol. The zero-order valence-corrected chi connectivity index (χ0v) is 13.8. The lowest BCUT2D eigenvalue weighted by atomic mass is 9.86. The molecule has 0 amide bonds. The quantitative estimate of drug-likeness (QED) is 0.878. The minimum Gasteiger partial charge on any atom is -0.388 e. The molecule has 1 saturated carbocycles. The molecule has 1 fully saturated rings. The molecule has 1 aromatic rings. The van der Waals surface area contributed by atoms with Crippen LogP contribution in [0, 0.1) is 23.2 Å². The third-order valence-corrected chi connectivity index (χ3v) is 5.17. The zero-order valence-electron chi connectivity index (χ0n) is 13.8. The maximum Gasteiger partial charge on any atom is 0.0922 e. The molecule has 0 aromatic carbocycles. The van der Waals surface area contributed by atoms with Crippen molar-refractivity contribution in [1.29, 1.82) is 5.26 Å². The number of nitrogens with zero attached hydrogens (tertiary/aromatic N) is 2. The molecule has 122 valence electrons. The number of nitrogens with one attached hydrogen (secondary N) is 2. The van der Waals surface area contributed by atoms with E-state index in [1.165, 1.54) is 31.4 Å². The Balaban J connectivity index is 1.56. The molecular formula is C19H26N4. The van der Waals surface area contributed by atoms with Gasteiger partial charge in [0.05, 0.1) is 12.0 Å². The van der Waals surface area contributed by atoms with Crippen LogP contribution in [0.2, 0.25) is 0 Å². The van der Waals surface area contributed by atoms with Crippen molar-refractivity contribution in [3.8, 4) is 6.07 Å². The predicted octanol–water partition coefficient (Wildman–Crippen LogP) is 3.12. The third kappa shape index (κ3) is 3.86. The number of hydrogen-bond acceptors (Lipinski definition) is 3. The lowest BCUT2D eigenvalue weighted by Gasteiger charge is -2.29. The highest BCUT2D eigenvalue weighted by atomic mass is 15.0. The van der Waals surface area contributed by atoms with Crippen LogP contribution >= 0.6 is 0 Å². The van der Waals surface area contributed by atoms with Gasteiger partial charge in [-0.05, 0) is 62.9 Å². The summed E-state index contributed by atoms with van der Waals surface area (Å²) in [7, 11) is 2.06. The van der Waals surface area contributed by atoms with Crippen molar-refractivity contribution in [2.24, 2.45) is 11.8 Å². The fourth-order valence-corrected chi connectivity index (χ4v) is 3.64. The molecule has 0 aliphatic heterocycles. The molecule has 23 heavy (non-hydrogen) atoms. The zero-order chi connectivity index (χ0) is 16.1.